The Morgan fingerprint density at radius 2 is 1.88 bits per heavy atom. The Balaban J connectivity index is 2.09. The molecule has 0 saturated heterocycles. The zero-order valence-electron chi connectivity index (χ0n) is 14.2. The van der Waals surface area contributed by atoms with Crippen LogP contribution < -0.4 is 0 Å². The molecule has 2 aromatic heterocycles. The van der Waals surface area contributed by atoms with E-state index < -0.39 is 0 Å². The third-order valence-electron chi connectivity index (χ3n) is 3.90. The van der Waals surface area contributed by atoms with Crippen LogP contribution in [0, 0.1) is 10.6 Å². The van der Waals surface area contributed by atoms with Gasteiger partial charge >= 0.3 is 0 Å². The van der Waals surface area contributed by atoms with Gasteiger partial charge in [-0.25, -0.2) is 4.39 Å². The molecule has 0 unspecified atom stereocenters. The van der Waals surface area contributed by atoms with Gasteiger partial charge in [0.05, 0.1) is 12.2 Å². The third kappa shape index (κ3) is 3.17. The number of halogens is 1. The largest absolute Gasteiger partial charge is 0.302 e. The summed E-state index contributed by atoms with van der Waals surface area (Å²) >= 11 is 5.22. The van der Waals surface area contributed by atoms with Gasteiger partial charge in [0, 0.05) is 12.5 Å². The van der Waals surface area contributed by atoms with Gasteiger partial charge in [-0.15, -0.1) is 0 Å². The van der Waals surface area contributed by atoms with Crippen molar-refractivity contribution >= 4 is 12.2 Å². The van der Waals surface area contributed by atoms with Crippen LogP contribution in [0.4, 0.5) is 4.39 Å². The highest BCUT2D eigenvalue weighted by Crippen LogP contribution is 2.27. The molecule has 126 valence electrons. The topological polar surface area (TPSA) is 51.4 Å². The number of H-pyrrole nitrogens is 1. The summed E-state index contributed by atoms with van der Waals surface area (Å²) < 4.78 is 17.4. The van der Waals surface area contributed by atoms with Gasteiger partial charge < -0.3 is 4.57 Å². The second kappa shape index (κ2) is 5.98. The third-order valence-corrected chi connectivity index (χ3v) is 4.27. The average molecular weight is 345 g/mol. The summed E-state index contributed by atoms with van der Waals surface area (Å²) in [5, 5.41) is 11.9. The lowest BCUT2D eigenvalue weighted by Gasteiger charge is -2.14. The standard InChI is InChI=1S/C17H20FN5S/c1-17(2,3)14-9-13(15-19-20-16(24)22(15)4)23(21-14)10-11-5-7-12(18)8-6-11/h5-9H,10H2,1-4H3,(H,20,24). The number of hydrogen-bond donors (Lipinski definition) is 1. The molecular formula is C17H20FN5S. The maximum Gasteiger partial charge on any atom is 0.195 e. The predicted octanol–water partition coefficient (Wildman–Crippen LogP) is 3.83. The van der Waals surface area contributed by atoms with Crippen LogP contribution in [0.3, 0.4) is 0 Å². The Hall–Kier alpha value is -2.28. The highest BCUT2D eigenvalue weighted by atomic mass is 32.1. The lowest BCUT2D eigenvalue weighted by atomic mass is 9.92. The average Bonchev–Trinajstić information content (AvgIpc) is 3.06. The van der Waals surface area contributed by atoms with Crippen molar-refractivity contribution in [2.75, 3.05) is 0 Å². The summed E-state index contributed by atoms with van der Waals surface area (Å²) in [4.78, 5) is 0. The number of nitrogens with one attached hydrogen (secondary N) is 1. The van der Waals surface area contributed by atoms with Gasteiger partial charge in [-0.3, -0.25) is 9.78 Å². The van der Waals surface area contributed by atoms with E-state index in [2.05, 4.69) is 31.0 Å². The van der Waals surface area contributed by atoms with Crippen molar-refractivity contribution in [3.05, 3.63) is 52.2 Å². The molecule has 0 aliphatic rings. The number of rotatable bonds is 3. The van der Waals surface area contributed by atoms with Crippen molar-refractivity contribution in [3.8, 4) is 11.5 Å². The van der Waals surface area contributed by atoms with Crippen LogP contribution in [0.1, 0.15) is 32.0 Å². The van der Waals surface area contributed by atoms with Crippen LogP contribution in [0.15, 0.2) is 30.3 Å². The molecule has 0 aliphatic carbocycles. The summed E-state index contributed by atoms with van der Waals surface area (Å²) in [7, 11) is 1.87. The molecule has 0 amide bonds. The number of hydrogen-bond acceptors (Lipinski definition) is 3. The minimum atomic E-state index is -0.246. The van der Waals surface area contributed by atoms with Gasteiger partial charge in [0.25, 0.3) is 0 Å². The first-order chi connectivity index (χ1) is 11.3. The molecule has 0 bridgehead atoms. The Kier molecular flexibility index (Phi) is 4.13. The summed E-state index contributed by atoms with van der Waals surface area (Å²) in [5.41, 5.74) is 2.72. The van der Waals surface area contributed by atoms with Crippen molar-refractivity contribution in [1.29, 1.82) is 0 Å². The first kappa shape index (κ1) is 16.6. The molecule has 1 N–H and O–H groups in total. The van der Waals surface area contributed by atoms with E-state index in [1.807, 2.05) is 22.4 Å². The van der Waals surface area contributed by atoms with E-state index in [1.165, 1.54) is 12.1 Å². The van der Waals surface area contributed by atoms with Gasteiger partial charge in [0.1, 0.15) is 11.5 Å². The molecule has 24 heavy (non-hydrogen) atoms. The Morgan fingerprint density at radius 3 is 2.42 bits per heavy atom. The minimum Gasteiger partial charge on any atom is -0.302 e. The fourth-order valence-electron chi connectivity index (χ4n) is 2.42. The summed E-state index contributed by atoms with van der Waals surface area (Å²) in [6.45, 7) is 6.88. The molecule has 0 saturated carbocycles. The van der Waals surface area contributed by atoms with Gasteiger partial charge in [-0.2, -0.15) is 10.2 Å². The highest BCUT2D eigenvalue weighted by molar-refractivity contribution is 7.71. The van der Waals surface area contributed by atoms with E-state index in [0.717, 1.165) is 22.8 Å². The van der Waals surface area contributed by atoms with E-state index in [-0.39, 0.29) is 11.2 Å². The normalized spacial score (nSPS) is 11.9. The molecule has 3 rings (SSSR count). The van der Waals surface area contributed by atoms with E-state index >= 15 is 0 Å². The summed E-state index contributed by atoms with van der Waals surface area (Å²) in [6.07, 6.45) is 0. The van der Waals surface area contributed by atoms with Crippen molar-refractivity contribution < 1.29 is 4.39 Å². The zero-order valence-corrected chi connectivity index (χ0v) is 15.0. The second-order valence-electron chi connectivity index (χ2n) is 6.86. The van der Waals surface area contributed by atoms with Crippen LogP contribution >= 0.6 is 12.2 Å². The quantitative estimate of drug-likeness (QED) is 0.734. The molecule has 0 atom stereocenters. The van der Waals surface area contributed by atoms with Gasteiger partial charge in [-0.1, -0.05) is 32.9 Å². The van der Waals surface area contributed by atoms with Crippen LogP contribution in [0.2, 0.25) is 0 Å². The molecule has 0 spiro atoms. The molecule has 2 heterocycles. The van der Waals surface area contributed by atoms with Crippen LogP contribution in [-0.4, -0.2) is 24.5 Å². The Labute approximate surface area is 145 Å². The zero-order chi connectivity index (χ0) is 17.5. The molecule has 0 aliphatic heterocycles. The van der Waals surface area contributed by atoms with E-state index in [9.17, 15) is 4.39 Å². The highest BCUT2D eigenvalue weighted by Gasteiger charge is 2.22. The van der Waals surface area contributed by atoms with Crippen molar-refractivity contribution in [2.45, 2.75) is 32.7 Å². The molecule has 0 radical (unpaired) electrons. The van der Waals surface area contributed by atoms with Crippen LogP contribution in [0.5, 0.6) is 0 Å². The van der Waals surface area contributed by atoms with Crippen molar-refractivity contribution in [2.24, 2.45) is 7.05 Å². The molecular weight excluding hydrogens is 325 g/mol. The van der Waals surface area contributed by atoms with E-state index in [0.29, 0.717) is 11.3 Å². The Bertz CT molecular complexity index is 912. The smallest absolute Gasteiger partial charge is 0.195 e. The predicted molar refractivity (Wildman–Crippen MR) is 93.8 cm³/mol. The van der Waals surface area contributed by atoms with Crippen LogP contribution in [-0.2, 0) is 19.0 Å². The van der Waals surface area contributed by atoms with Crippen molar-refractivity contribution in [3.63, 3.8) is 0 Å². The number of benzene rings is 1. The SMILES string of the molecule is Cn1c(-c2cc(C(C)(C)C)nn2Cc2ccc(F)cc2)n[nH]c1=S. The Morgan fingerprint density at radius 1 is 1.21 bits per heavy atom. The fourth-order valence-corrected chi connectivity index (χ4v) is 2.55. The monoisotopic (exact) mass is 345 g/mol. The number of aromatic amines is 1. The molecule has 3 aromatic rings. The molecule has 5 nitrogen and oxygen atoms in total. The number of aromatic nitrogens is 5. The summed E-state index contributed by atoms with van der Waals surface area (Å²) in [6, 6.07) is 8.48. The first-order valence-electron chi connectivity index (χ1n) is 7.70. The lowest BCUT2D eigenvalue weighted by Crippen LogP contribution is -2.13. The first-order valence-corrected chi connectivity index (χ1v) is 8.11. The summed E-state index contributed by atoms with van der Waals surface area (Å²) in [5.74, 6) is 0.481. The maximum absolute atomic E-state index is 13.1. The minimum absolute atomic E-state index is 0.0888. The van der Waals surface area contributed by atoms with Gasteiger partial charge in [0.2, 0.25) is 0 Å². The maximum atomic E-state index is 13.1. The fraction of sp³-hybridized carbons (Fsp3) is 0.353. The molecule has 7 heteroatoms. The number of nitrogens with zero attached hydrogens (tertiary/aromatic N) is 4. The second-order valence-corrected chi connectivity index (χ2v) is 7.25. The molecule has 0 fully saturated rings. The lowest BCUT2D eigenvalue weighted by molar-refractivity contribution is 0.545. The van der Waals surface area contributed by atoms with Gasteiger partial charge in [0.15, 0.2) is 10.6 Å². The van der Waals surface area contributed by atoms with Gasteiger partial charge in [-0.05, 0) is 36.0 Å². The van der Waals surface area contributed by atoms with Crippen LogP contribution in [0.25, 0.3) is 11.5 Å². The van der Waals surface area contributed by atoms with E-state index in [4.69, 9.17) is 17.3 Å². The molecule has 1 aromatic carbocycles. The van der Waals surface area contributed by atoms with E-state index in [1.54, 1.807) is 12.1 Å². The van der Waals surface area contributed by atoms with Crippen molar-refractivity contribution in [1.82, 2.24) is 24.5 Å².